The highest BCUT2D eigenvalue weighted by Crippen LogP contribution is 2.27. The zero-order chi connectivity index (χ0) is 12.3. The van der Waals surface area contributed by atoms with E-state index in [4.69, 9.17) is 21.4 Å². The molecule has 0 radical (unpaired) electrons. The van der Waals surface area contributed by atoms with Crippen LogP contribution in [-0.2, 0) is 6.61 Å². The fraction of sp³-hybridized carbons (Fsp3) is 0.0909. The summed E-state index contributed by atoms with van der Waals surface area (Å²) in [5.41, 5.74) is 0.338. The van der Waals surface area contributed by atoms with Crippen molar-refractivity contribution in [2.75, 3.05) is 0 Å². The SMILES string of the molecule is OCc1cncc(Oc2cccc(Cl)c2F)n1. The molecule has 17 heavy (non-hydrogen) atoms. The summed E-state index contributed by atoms with van der Waals surface area (Å²) in [7, 11) is 0. The number of benzene rings is 1. The molecule has 2 aromatic rings. The number of hydrogen-bond acceptors (Lipinski definition) is 4. The fourth-order valence-electron chi connectivity index (χ4n) is 1.19. The van der Waals surface area contributed by atoms with Crippen LogP contribution >= 0.6 is 11.6 Å². The Hall–Kier alpha value is -1.72. The molecule has 0 bridgehead atoms. The van der Waals surface area contributed by atoms with Gasteiger partial charge < -0.3 is 9.84 Å². The molecule has 2 rings (SSSR count). The summed E-state index contributed by atoms with van der Waals surface area (Å²) < 4.78 is 18.7. The minimum atomic E-state index is -0.662. The van der Waals surface area contributed by atoms with Gasteiger partial charge in [0.15, 0.2) is 11.6 Å². The second kappa shape index (κ2) is 5.07. The number of aromatic nitrogens is 2. The molecule has 1 heterocycles. The van der Waals surface area contributed by atoms with E-state index in [-0.39, 0.29) is 23.3 Å². The van der Waals surface area contributed by atoms with E-state index < -0.39 is 5.82 Å². The predicted octanol–water partition coefficient (Wildman–Crippen LogP) is 2.55. The number of aliphatic hydroxyl groups is 1. The molecule has 0 spiro atoms. The molecule has 1 aromatic carbocycles. The van der Waals surface area contributed by atoms with Crippen LogP contribution in [0, 0.1) is 5.82 Å². The third-order valence-corrected chi connectivity index (χ3v) is 2.25. The monoisotopic (exact) mass is 254 g/mol. The largest absolute Gasteiger partial charge is 0.434 e. The van der Waals surface area contributed by atoms with E-state index in [1.807, 2.05) is 0 Å². The lowest BCUT2D eigenvalue weighted by molar-refractivity contribution is 0.274. The van der Waals surface area contributed by atoms with Crippen LogP contribution in [0.4, 0.5) is 4.39 Å². The van der Waals surface area contributed by atoms with Crippen molar-refractivity contribution in [1.29, 1.82) is 0 Å². The van der Waals surface area contributed by atoms with Gasteiger partial charge in [-0.3, -0.25) is 4.98 Å². The van der Waals surface area contributed by atoms with Crippen LogP contribution in [0.2, 0.25) is 5.02 Å². The zero-order valence-electron chi connectivity index (χ0n) is 8.60. The standard InChI is InChI=1S/C11H8ClFN2O2/c12-8-2-1-3-9(11(8)13)17-10-5-14-4-7(6-16)15-10/h1-5,16H,6H2. The summed E-state index contributed by atoms with van der Waals surface area (Å²) >= 11 is 5.61. The van der Waals surface area contributed by atoms with Gasteiger partial charge in [-0.15, -0.1) is 0 Å². The molecule has 0 aliphatic carbocycles. The molecule has 1 aromatic heterocycles. The average Bonchev–Trinajstić information content (AvgIpc) is 2.35. The number of halogens is 2. The topological polar surface area (TPSA) is 55.2 Å². The maximum atomic E-state index is 13.5. The van der Waals surface area contributed by atoms with Crippen LogP contribution < -0.4 is 4.74 Å². The molecule has 88 valence electrons. The van der Waals surface area contributed by atoms with Gasteiger partial charge in [0.2, 0.25) is 5.88 Å². The molecular weight excluding hydrogens is 247 g/mol. The summed E-state index contributed by atoms with van der Waals surface area (Å²) in [6.07, 6.45) is 2.71. The second-order valence-electron chi connectivity index (χ2n) is 3.16. The molecule has 0 saturated heterocycles. The first-order chi connectivity index (χ1) is 8.20. The van der Waals surface area contributed by atoms with Gasteiger partial charge in [0.05, 0.1) is 29.7 Å². The van der Waals surface area contributed by atoms with E-state index in [9.17, 15) is 4.39 Å². The highest BCUT2D eigenvalue weighted by Gasteiger charge is 2.09. The second-order valence-corrected chi connectivity index (χ2v) is 3.57. The summed E-state index contributed by atoms with van der Waals surface area (Å²) in [5, 5.41) is 8.84. The van der Waals surface area contributed by atoms with E-state index in [1.165, 1.54) is 24.5 Å². The van der Waals surface area contributed by atoms with Crippen LogP contribution in [0.15, 0.2) is 30.6 Å². The zero-order valence-corrected chi connectivity index (χ0v) is 9.36. The minimum absolute atomic E-state index is 0.0335. The van der Waals surface area contributed by atoms with Crippen molar-refractivity contribution < 1.29 is 14.2 Å². The smallest absolute Gasteiger partial charge is 0.238 e. The lowest BCUT2D eigenvalue weighted by Gasteiger charge is -2.06. The first kappa shape index (κ1) is 11.8. The Morgan fingerprint density at radius 1 is 1.35 bits per heavy atom. The number of hydrogen-bond donors (Lipinski definition) is 1. The average molecular weight is 255 g/mol. The first-order valence-corrected chi connectivity index (χ1v) is 5.12. The fourth-order valence-corrected chi connectivity index (χ4v) is 1.35. The molecule has 0 aliphatic heterocycles. The van der Waals surface area contributed by atoms with Gasteiger partial charge in [0, 0.05) is 0 Å². The molecule has 0 unspecified atom stereocenters. The van der Waals surface area contributed by atoms with E-state index in [0.29, 0.717) is 5.69 Å². The van der Waals surface area contributed by atoms with E-state index in [2.05, 4.69) is 9.97 Å². The third kappa shape index (κ3) is 2.69. The summed E-state index contributed by atoms with van der Waals surface area (Å²) in [6, 6.07) is 4.40. The van der Waals surface area contributed by atoms with Gasteiger partial charge in [0.1, 0.15) is 0 Å². The number of rotatable bonds is 3. The van der Waals surface area contributed by atoms with Crippen molar-refractivity contribution in [3.8, 4) is 11.6 Å². The van der Waals surface area contributed by atoms with Crippen molar-refractivity contribution in [3.05, 3.63) is 47.1 Å². The van der Waals surface area contributed by atoms with Crippen LogP contribution in [-0.4, -0.2) is 15.1 Å². The number of ether oxygens (including phenoxy) is 1. The summed E-state index contributed by atoms with van der Waals surface area (Å²) in [6.45, 7) is -0.262. The molecule has 0 atom stereocenters. The lowest BCUT2D eigenvalue weighted by atomic mass is 10.3. The van der Waals surface area contributed by atoms with Gasteiger partial charge in [-0.2, -0.15) is 0 Å². The highest BCUT2D eigenvalue weighted by molar-refractivity contribution is 6.30. The van der Waals surface area contributed by atoms with Crippen molar-refractivity contribution in [3.63, 3.8) is 0 Å². The Bertz CT molecular complexity index is 537. The third-order valence-electron chi connectivity index (χ3n) is 1.96. The maximum Gasteiger partial charge on any atom is 0.238 e. The predicted molar refractivity (Wildman–Crippen MR) is 59.4 cm³/mol. The van der Waals surface area contributed by atoms with Crippen LogP contribution in [0.1, 0.15) is 5.69 Å². The first-order valence-electron chi connectivity index (χ1n) is 4.74. The number of nitrogens with zero attached hydrogens (tertiary/aromatic N) is 2. The van der Waals surface area contributed by atoms with E-state index in [0.717, 1.165) is 0 Å². The molecule has 6 heteroatoms. The van der Waals surface area contributed by atoms with E-state index >= 15 is 0 Å². The summed E-state index contributed by atoms with van der Waals surface area (Å²) in [4.78, 5) is 7.71. The highest BCUT2D eigenvalue weighted by atomic mass is 35.5. The van der Waals surface area contributed by atoms with Crippen molar-refractivity contribution >= 4 is 11.6 Å². The molecule has 0 aliphatic rings. The van der Waals surface area contributed by atoms with Gasteiger partial charge in [-0.05, 0) is 12.1 Å². The Balaban J connectivity index is 2.28. The normalized spacial score (nSPS) is 10.3. The molecule has 0 amide bonds. The van der Waals surface area contributed by atoms with Crippen molar-refractivity contribution in [2.45, 2.75) is 6.61 Å². The Kier molecular flexibility index (Phi) is 3.51. The van der Waals surface area contributed by atoms with Crippen LogP contribution in [0.25, 0.3) is 0 Å². The Morgan fingerprint density at radius 3 is 2.94 bits per heavy atom. The molecular formula is C11H8ClFN2O2. The van der Waals surface area contributed by atoms with Gasteiger partial charge in [0.25, 0.3) is 0 Å². The Morgan fingerprint density at radius 2 is 2.18 bits per heavy atom. The van der Waals surface area contributed by atoms with Crippen LogP contribution in [0.5, 0.6) is 11.6 Å². The molecule has 1 N–H and O–H groups in total. The molecule has 4 nitrogen and oxygen atoms in total. The van der Waals surface area contributed by atoms with Crippen LogP contribution in [0.3, 0.4) is 0 Å². The van der Waals surface area contributed by atoms with Crippen molar-refractivity contribution in [1.82, 2.24) is 9.97 Å². The number of aliphatic hydroxyl groups excluding tert-OH is 1. The van der Waals surface area contributed by atoms with Gasteiger partial charge in [-0.1, -0.05) is 17.7 Å². The van der Waals surface area contributed by atoms with Gasteiger partial charge >= 0.3 is 0 Å². The quantitative estimate of drug-likeness (QED) is 0.915. The minimum Gasteiger partial charge on any atom is -0.434 e. The Labute approximate surface area is 102 Å². The van der Waals surface area contributed by atoms with Gasteiger partial charge in [-0.25, -0.2) is 9.37 Å². The van der Waals surface area contributed by atoms with E-state index in [1.54, 1.807) is 6.07 Å². The molecule has 0 fully saturated rings. The maximum absolute atomic E-state index is 13.5. The molecule has 0 saturated carbocycles. The summed E-state index contributed by atoms with van der Waals surface area (Å²) in [5.74, 6) is -0.607. The lowest BCUT2D eigenvalue weighted by Crippen LogP contribution is -1.96. The van der Waals surface area contributed by atoms with Crippen molar-refractivity contribution in [2.24, 2.45) is 0 Å².